The van der Waals surface area contributed by atoms with E-state index in [9.17, 15) is 5.11 Å². The van der Waals surface area contributed by atoms with Crippen molar-refractivity contribution in [3.8, 4) is 0 Å². The molecule has 110 valence electrons. The van der Waals surface area contributed by atoms with Gasteiger partial charge in [0.05, 0.1) is 39.6 Å². The standard InChI is InChI=1S/C12H26O6/c1-3-15-5-6-17-10-11(14)12(9-13)18-8-7-16-4-2/h11-14H,3-10H2,1-2H3. The molecule has 0 aromatic rings. The maximum Gasteiger partial charge on any atom is 0.109 e. The molecule has 0 aliphatic heterocycles. The smallest absolute Gasteiger partial charge is 0.109 e. The first-order valence-electron chi connectivity index (χ1n) is 6.39. The molecule has 6 nitrogen and oxygen atoms in total. The van der Waals surface area contributed by atoms with Gasteiger partial charge in [-0.15, -0.1) is 0 Å². The van der Waals surface area contributed by atoms with Gasteiger partial charge in [-0.3, -0.25) is 0 Å². The highest BCUT2D eigenvalue weighted by atomic mass is 16.6. The van der Waals surface area contributed by atoms with Gasteiger partial charge in [0, 0.05) is 13.2 Å². The fraction of sp³-hybridized carbons (Fsp3) is 1.00. The molecule has 0 fully saturated rings. The van der Waals surface area contributed by atoms with Gasteiger partial charge in [0.15, 0.2) is 0 Å². The molecular weight excluding hydrogens is 240 g/mol. The molecule has 2 atom stereocenters. The van der Waals surface area contributed by atoms with Crippen molar-refractivity contribution in [1.29, 1.82) is 0 Å². The molecule has 0 heterocycles. The van der Waals surface area contributed by atoms with Gasteiger partial charge < -0.3 is 29.2 Å². The quantitative estimate of drug-likeness (QED) is 0.450. The minimum absolute atomic E-state index is 0.118. The number of ether oxygens (including phenoxy) is 4. The van der Waals surface area contributed by atoms with E-state index in [4.69, 9.17) is 24.1 Å². The van der Waals surface area contributed by atoms with Crippen LogP contribution in [0.5, 0.6) is 0 Å². The van der Waals surface area contributed by atoms with Crippen LogP contribution in [0, 0.1) is 0 Å². The summed E-state index contributed by atoms with van der Waals surface area (Å²) in [5.74, 6) is 0. The highest BCUT2D eigenvalue weighted by molar-refractivity contribution is 4.67. The summed E-state index contributed by atoms with van der Waals surface area (Å²) in [6, 6.07) is 0. The third-order valence-electron chi connectivity index (χ3n) is 2.24. The monoisotopic (exact) mass is 266 g/mol. The van der Waals surface area contributed by atoms with E-state index in [1.807, 2.05) is 13.8 Å². The Kier molecular flexibility index (Phi) is 13.0. The highest BCUT2D eigenvalue weighted by Gasteiger charge is 2.19. The van der Waals surface area contributed by atoms with E-state index in [1.165, 1.54) is 0 Å². The van der Waals surface area contributed by atoms with Crippen LogP contribution in [0.3, 0.4) is 0 Å². The predicted octanol–water partition coefficient (Wildman–Crippen LogP) is -0.186. The lowest BCUT2D eigenvalue weighted by molar-refractivity contribution is -0.102. The average molecular weight is 266 g/mol. The summed E-state index contributed by atoms with van der Waals surface area (Å²) in [5.41, 5.74) is 0. The van der Waals surface area contributed by atoms with Gasteiger partial charge in [-0.2, -0.15) is 0 Å². The summed E-state index contributed by atoms with van der Waals surface area (Å²) in [4.78, 5) is 0. The molecule has 0 aliphatic carbocycles. The van der Waals surface area contributed by atoms with Crippen LogP contribution in [0.2, 0.25) is 0 Å². The molecule has 0 aromatic carbocycles. The Morgan fingerprint density at radius 1 is 0.889 bits per heavy atom. The van der Waals surface area contributed by atoms with E-state index in [0.29, 0.717) is 39.6 Å². The minimum atomic E-state index is -0.849. The molecule has 6 heteroatoms. The zero-order valence-electron chi connectivity index (χ0n) is 11.3. The second-order valence-electron chi connectivity index (χ2n) is 3.63. The van der Waals surface area contributed by atoms with E-state index in [0.717, 1.165) is 0 Å². The zero-order chi connectivity index (χ0) is 13.6. The third kappa shape index (κ3) is 9.76. The fourth-order valence-corrected chi connectivity index (χ4v) is 1.26. The summed E-state index contributed by atoms with van der Waals surface area (Å²) in [5, 5.41) is 18.8. The fourth-order valence-electron chi connectivity index (χ4n) is 1.26. The Morgan fingerprint density at radius 2 is 1.44 bits per heavy atom. The highest BCUT2D eigenvalue weighted by Crippen LogP contribution is 2.00. The lowest BCUT2D eigenvalue weighted by Crippen LogP contribution is -2.37. The molecule has 0 aromatic heterocycles. The van der Waals surface area contributed by atoms with Gasteiger partial charge in [-0.1, -0.05) is 0 Å². The van der Waals surface area contributed by atoms with Gasteiger partial charge in [-0.25, -0.2) is 0 Å². The maximum absolute atomic E-state index is 9.73. The van der Waals surface area contributed by atoms with Crippen LogP contribution >= 0.6 is 0 Å². The van der Waals surface area contributed by atoms with E-state index in [-0.39, 0.29) is 13.2 Å². The molecule has 0 saturated carbocycles. The van der Waals surface area contributed by atoms with Gasteiger partial charge in [-0.05, 0) is 13.8 Å². The molecular formula is C12H26O6. The van der Waals surface area contributed by atoms with E-state index >= 15 is 0 Å². The predicted molar refractivity (Wildman–Crippen MR) is 66.6 cm³/mol. The lowest BCUT2D eigenvalue weighted by atomic mass is 10.2. The lowest BCUT2D eigenvalue weighted by Gasteiger charge is -2.21. The third-order valence-corrected chi connectivity index (χ3v) is 2.24. The molecule has 0 spiro atoms. The number of rotatable bonds is 13. The minimum Gasteiger partial charge on any atom is -0.394 e. The molecule has 2 N–H and O–H groups in total. The van der Waals surface area contributed by atoms with Crippen LogP contribution in [0.25, 0.3) is 0 Å². The summed E-state index contributed by atoms with van der Waals surface area (Å²) in [7, 11) is 0. The van der Waals surface area contributed by atoms with Crippen molar-refractivity contribution in [2.75, 3.05) is 52.9 Å². The van der Waals surface area contributed by atoms with Crippen molar-refractivity contribution < 1.29 is 29.2 Å². The second-order valence-corrected chi connectivity index (χ2v) is 3.63. The van der Waals surface area contributed by atoms with Crippen LogP contribution in [0.15, 0.2) is 0 Å². The van der Waals surface area contributed by atoms with Crippen LogP contribution < -0.4 is 0 Å². The van der Waals surface area contributed by atoms with Crippen molar-refractivity contribution in [3.63, 3.8) is 0 Å². The zero-order valence-corrected chi connectivity index (χ0v) is 11.3. The van der Waals surface area contributed by atoms with Crippen molar-refractivity contribution in [1.82, 2.24) is 0 Å². The van der Waals surface area contributed by atoms with Crippen LogP contribution in [-0.4, -0.2) is 75.3 Å². The molecule has 0 amide bonds. The molecule has 0 radical (unpaired) electrons. The topological polar surface area (TPSA) is 77.4 Å². The van der Waals surface area contributed by atoms with Gasteiger partial charge in [0.1, 0.15) is 12.2 Å². The van der Waals surface area contributed by atoms with Crippen molar-refractivity contribution in [2.45, 2.75) is 26.1 Å². The van der Waals surface area contributed by atoms with Crippen molar-refractivity contribution in [3.05, 3.63) is 0 Å². The summed E-state index contributed by atoms with van der Waals surface area (Å²) in [6.45, 7) is 6.64. The summed E-state index contributed by atoms with van der Waals surface area (Å²) in [6.07, 6.45) is -1.49. The van der Waals surface area contributed by atoms with Gasteiger partial charge in [0.25, 0.3) is 0 Å². The number of hydrogen-bond donors (Lipinski definition) is 2. The van der Waals surface area contributed by atoms with Gasteiger partial charge in [0.2, 0.25) is 0 Å². The first-order chi connectivity index (χ1) is 8.76. The largest absolute Gasteiger partial charge is 0.394 e. The van der Waals surface area contributed by atoms with Gasteiger partial charge >= 0.3 is 0 Å². The molecule has 0 saturated heterocycles. The Hall–Kier alpha value is -0.240. The van der Waals surface area contributed by atoms with E-state index in [1.54, 1.807) is 0 Å². The van der Waals surface area contributed by atoms with Crippen LogP contribution in [0.4, 0.5) is 0 Å². The van der Waals surface area contributed by atoms with Crippen LogP contribution in [-0.2, 0) is 18.9 Å². The Balaban J connectivity index is 3.58. The molecule has 0 rings (SSSR count). The van der Waals surface area contributed by atoms with E-state index < -0.39 is 12.2 Å². The molecule has 18 heavy (non-hydrogen) atoms. The maximum atomic E-state index is 9.73. The molecule has 2 unspecified atom stereocenters. The number of hydrogen-bond acceptors (Lipinski definition) is 6. The molecule has 0 aliphatic rings. The average Bonchev–Trinajstić information content (AvgIpc) is 2.38. The Labute approximate surface area is 109 Å². The van der Waals surface area contributed by atoms with Crippen molar-refractivity contribution >= 4 is 0 Å². The van der Waals surface area contributed by atoms with Crippen molar-refractivity contribution in [2.24, 2.45) is 0 Å². The number of aliphatic hydroxyl groups excluding tert-OH is 2. The summed E-state index contributed by atoms with van der Waals surface area (Å²) >= 11 is 0. The first-order valence-corrected chi connectivity index (χ1v) is 6.39. The normalized spacial score (nSPS) is 14.7. The van der Waals surface area contributed by atoms with Crippen LogP contribution in [0.1, 0.15) is 13.8 Å². The summed E-state index contributed by atoms with van der Waals surface area (Å²) < 4.78 is 20.7. The van der Waals surface area contributed by atoms with E-state index in [2.05, 4.69) is 0 Å². The number of aliphatic hydroxyl groups is 2. The SMILES string of the molecule is CCOCCOCC(O)C(CO)OCCOCC. The Bertz CT molecular complexity index is 167. The first kappa shape index (κ1) is 17.8. The molecule has 0 bridgehead atoms. The second kappa shape index (κ2) is 13.2. The Morgan fingerprint density at radius 3 is 2.00 bits per heavy atom.